The molecule has 0 aliphatic heterocycles. The van der Waals surface area contributed by atoms with Crippen LogP contribution in [0.5, 0.6) is 5.75 Å². The molecule has 0 aliphatic carbocycles. The molecule has 0 atom stereocenters. The van der Waals surface area contributed by atoms with Crippen LogP contribution in [0.25, 0.3) is 0 Å². The number of rotatable bonds is 5. The quantitative estimate of drug-likeness (QED) is 0.757. The predicted molar refractivity (Wildman–Crippen MR) is 49.2 cm³/mol. The maximum atomic E-state index is 10.2. The van der Waals surface area contributed by atoms with E-state index in [4.69, 9.17) is 9.84 Å². The van der Waals surface area contributed by atoms with Gasteiger partial charge in [0.1, 0.15) is 5.82 Å². The average Bonchev–Trinajstić information content (AvgIpc) is 2.18. The molecule has 0 spiro atoms. The van der Waals surface area contributed by atoms with Crippen LogP contribution in [0.3, 0.4) is 0 Å². The highest BCUT2D eigenvalue weighted by Crippen LogP contribution is 2.06. The van der Waals surface area contributed by atoms with Crippen molar-refractivity contribution in [2.24, 2.45) is 0 Å². The topological polar surface area (TPSA) is 72.3 Å². The molecule has 1 heterocycles. The van der Waals surface area contributed by atoms with E-state index in [-0.39, 0.29) is 13.0 Å². The van der Waals surface area contributed by atoms with Crippen LogP contribution >= 0.6 is 0 Å². The van der Waals surface area contributed by atoms with Crippen molar-refractivity contribution in [3.05, 3.63) is 18.2 Å². The molecule has 0 unspecified atom stereocenters. The van der Waals surface area contributed by atoms with Gasteiger partial charge in [-0.25, -0.2) is 9.97 Å². The van der Waals surface area contributed by atoms with Crippen LogP contribution in [0.4, 0.5) is 0 Å². The van der Waals surface area contributed by atoms with Crippen LogP contribution in [0.1, 0.15) is 19.2 Å². The first kappa shape index (κ1) is 10.4. The number of hydrogen-bond donors (Lipinski definition) is 1. The molecule has 0 amide bonds. The van der Waals surface area contributed by atoms with Crippen molar-refractivity contribution in [2.75, 3.05) is 6.61 Å². The van der Waals surface area contributed by atoms with Crippen molar-refractivity contribution < 1.29 is 14.6 Å². The first-order valence-electron chi connectivity index (χ1n) is 4.38. The second kappa shape index (κ2) is 5.16. The summed E-state index contributed by atoms with van der Waals surface area (Å²) in [5.41, 5.74) is 0. The van der Waals surface area contributed by atoms with Gasteiger partial charge in [-0.15, -0.1) is 0 Å². The van der Waals surface area contributed by atoms with Gasteiger partial charge < -0.3 is 9.84 Å². The third-order valence-corrected chi connectivity index (χ3v) is 1.58. The molecule has 5 heteroatoms. The van der Waals surface area contributed by atoms with E-state index >= 15 is 0 Å². The van der Waals surface area contributed by atoms with Crippen LogP contribution in [0.15, 0.2) is 12.4 Å². The number of carboxylic acids is 1. The Morgan fingerprint density at radius 2 is 2.14 bits per heavy atom. The first-order chi connectivity index (χ1) is 6.72. The molecule has 1 N–H and O–H groups in total. The molecule has 14 heavy (non-hydrogen) atoms. The summed E-state index contributed by atoms with van der Waals surface area (Å²) in [4.78, 5) is 18.2. The van der Waals surface area contributed by atoms with Crippen LogP contribution in [-0.4, -0.2) is 27.7 Å². The van der Waals surface area contributed by atoms with E-state index in [1.54, 1.807) is 12.4 Å². The lowest BCUT2D eigenvalue weighted by Gasteiger charge is -2.03. The normalized spacial score (nSPS) is 9.79. The number of aromatic nitrogens is 2. The van der Waals surface area contributed by atoms with Crippen LogP contribution in [0.2, 0.25) is 0 Å². The number of carbonyl (C=O) groups is 1. The minimum atomic E-state index is -0.879. The van der Waals surface area contributed by atoms with E-state index in [1.165, 1.54) is 0 Å². The van der Waals surface area contributed by atoms with Crippen molar-refractivity contribution in [3.63, 3.8) is 0 Å². The van der Waals surface area contributed by atoms with Gasteiger partial charge >= 0.3 is 5.97 Å². The molecule has 76 valence electrons. The van der Waals surface area contributed by atoms with Gasteiger partial charge in [-0.1, -0.05) is 6.92 Å². The summed E-state index contributed by atoms with van der Waals surface area (Å²) in [6, 6.07) is 0. The van der Waals surface area contributed by atoms with E-state index in [0.29, 0.717) is 5.75 Å². The molecule has 0 saturated carbocycles. The molecule has 5 nitrogen and oxygen atoms in total. The molecule has 0 saturated heterocycles. The Morgan fingerprint density at radius 1 is 1.50 bits per heavy atom. The molecule has 1 rings (SSSR count). The fraction of sp³-hybridized carbons (Fsp3) is 0.444. The van der Waals surface area contributed by atoms with Crippen molar-refractivity contribution in [2.45, 2.75) is 19.8 Å². The number of ether oxygens (including phenoxy) is 1. The summed E-state index contributed by atoms with van der Waals surface area (Å²) in [6.45, 7) is 2.10. The van der Waals surface area contributed by atoms with Gasteiger partial charge in [-0.3, -0.25) is 4.79 Å². The summed E-state index contributed by atoms with van der Waals surface area (Å²) in [6.07, 6.45) is 3.85. The zero-order valence-electron chi connectivity index (χ0n) is 7.93. The van der Waals surface area contributed by atoms with Gasteiger partial charge in [0.2, 0.25) is 0 Å². The maximum absolute atomic E-state index is 10.2. The fourth-order valence-electron chi connectivity index (χ4n) is 0.856. The van der Waals surface area contributed by atoms with Crippen molar-refractivity contribution in [1.29, 1.82) is 0 Å². The highest BCUT2D eigenvalue weighted by Gasteiger charge is 1.99. The van der Waals surface area contributed by atoms with Crippen molar-refractivity contribution in [3.8, 4) is 5.75 Å². The molecule has 0 aliphatic rings. The summed E-state index contributed by atoms with van der Waals surface area (Å²) in [5.74, 6) is 0.370. The van der Waals surface area contributed by atoms with E-state index in [2.05, 4.69) is 9.97 Å². The van der Waals surface area contributed by atoms with E-state index in [0.717, 1.165) is 12.2 Å². The predicted octanol–water partition coefficient (Wildman–Crippen LogP) is 0.893. The number of carboxylic acid groups (broad SMARTS) is 1. The summed E-state index contributed by atoms with van der Waals surface area (Å²) < 4.78 is 5.11. The van der Waals surface area contributed by atoms with Gasteiger partial charge in [0.15, 0.2) is 5.75 Å². The van der Waals surface area contributed by atoms with Gasteiger partial charge in [0.05, 0.1) is 25.4 Å². The highest BCUT2D eigenvalue weighted by atomic mass is 16.5. The molecule has 1 aromatic heterocycles. The number of nitrogens with zero attached hydrogens (tertiary/aromatic N) is 2. The Labute approximate surface area is 81.8 Å². The molecular formula is C9H12N2O3. The summed E-state index contributed by atoms with van der Waals surface area (Å²) in [7, 11) is 0. The van der Waals surface area contributed by atoms with Gasteiger partial charge in [0, 0.05) is 6.42 Å². The number of aryl methyl sites for hydroxylation is 1. The zero-order valence-corrected chi connectivity index (χ0v) is 7.93. The van der Waals surface area contributed by atoms with E-state index in [1.807, 2.05) is 6.92 Å². The first-order valence-corrected chi connectivity index (χ1v) is 4.38. The molecule has 0 radical (unpaired) electrons. The van der Waals surface area contributed by atoms with E-state index < -0.39 is 5.97 Å². The monoisotopic (exact) mass is 196 g/mol. The zero-order chi connectivity index (χ0) is 10.4. The second-order valence-corrected chi connectivity index (χ2v) is 2.68. The van der Waals surface area contributed by atoms with Crippen LogP contribution in [-0.2, 0) is 11.2 Å². The maximum Gasteiger partial charge on any atom is 0.306 e. The van der Waals surface area contributed by atoms with Crippen LogP contribution in [0, 0.1) is 0 Å². The molecule has 0 aromatic carbocycles. The Hall–Kier alpha value is -1.65. The van der Waals surface area contributed by atoms with E-state index in [9.17, 15) is 4.79 Å². The lowest BCUT2D eigenvalue weighted by atomic mass is 10.4. The fourth-order valence-corrected chi connectivity index (χ4v) is 0.856. The summed E-state index contributed by atoms with van der Waals surface area (Å²) >= 11 is 0. The molecule has 1 aromatic rings. The Bertz CT molecular complexity index is 297. The molecule has 0 bridgehead atoms. The van der Waals surface area contributed by atoms with Crippen LogP contribution < -0.4 is 4.74 Å². The lowest BCUT2D eigenvalue weighted by molar-refractivity contribution is -0.137. The third-order valence-electron chi connectivity index (χ3n) is 1.58. The number of hydrogen-bond acceptors (Lipinski definition) is 4. The standard InChI is InChI=1S/C9H12N2O3/c1-2-8-10-5-7(6-11-8)14-4-3-9(12)13/h5-6H,2-4H2,1H3,(H,12,13). The Balaban J connectivity index is 2.40. The van der Waals surface area contributed by atoms with Gasteiger partial charge in [0.25, 0.3) is 0 Å². The molecule has 0 fully saturated rings. The SMILES string of the molecule is CCc1ncc(OCCC(=O)O)cn1. The van der Waals surface area contributed by atoms with Gasteiger partial charge in [-0.05, 0) is 0 Å². The largest absolute Gasteiger partial charge is 0.490 e. The van der Waals surface area contributed by atoms with Crippen molar-refractivity contribution >= 4 is 5.97 Å². The molecular weight excluding hydrogens is 184 g/mol. The second-order valence-electron chi connectivity index (χ2n) is 2.68. The average molecular weight is 196 g/mol. The minimum absolute atomic E-state index is 0.0183. The lowest BCUT2D eigenvalue weighted by Crippen LogP contribution is -2.05. The smallest absolute Gasteiger partial charge is 0.306 e. The van der Waals surface area contributed by atoms with Gasteiger partial charge in [-0.2, -0.15) is 0 Å². The Kier molecular flexibility index (Phi) is 3.84. The Morgan fingerprint density at radius 3 is 2.64 bits per heavy atom. The summed E-state index contributed by atoms with van der Waals surface area (Å²) in [5, 5.41) is 8.36. The minimum Gasteiger partial charge on any atom is -0.490 e. The number of aliphatic carboxylic acids is 1. The highest BCUT2D eigenvalue weighted by molar-refractivity contribution is 5.66. The third kappa shape index (κ3) is 3.38. The van der Waals surface area contributed by atoms with Crippen molar-refractivity contribution in [1.82, 2.24) is 9.97 Å².